The first-order chi connectivity index (χ1) is 11.2. The molecule has 0 radical (unpaired) electrons. The molecule has 7 nitrogen and oxygen atoms in total. The molecule has 0 bridgehead atoms. The number of rotatable bonds is 4. The molecule has 2 amide bonds. The van der Waals surface area contributed by atoms with Crippen molar-refractivity contribution in [2.45, 2.75) is 39.3 Å². The molecule has 0 aliphatic carbocycles. The molecule has 1 aromatic heterocycles. The summed E-state index contributed by atoms with van der Waals surface area (Å²) in [5.41, 5.74) is 1.19. The van der Waals surface area contributed by atoms with Gasteiger partial charge in [-0.2, -0.15) is 0 Å². The van der Waals surface area contributed by atoms with E-state index >= 15 is 0 Å². The van der Waals surface area contributed by atoms with E-state index in [0.29, 0.717) is 11.3 Å². The molecule has 2 N–H and O–H groups in total. The van der Waals surface area contributed by atoms with Crippen molar-refractivity contribution in [2.75, 3.05) is 5.32 Å². The SMILES string of the molecule is CC(NC(=O)c1ccc(NC(=O)OC(C)(C)C)cc1)c1csnn1. The fourth-order valence-corrected chi connectivity index (χ4v) is 2.39. The molecule has 2 aromatic rings. The number of ether oxygens (including phenoxy) is 1. The third-order valence-corrected chi connectivity index (χ3v) is 3.48. The number of nitrogens with one attached hydrogen (secondary N) is 2. The number of amides is 2. The number of aromatic nitrogens is 2. The lowest BCUT2D eigenvalue weighted by Gasteiger charge is -2.19. The minimum absolute atomic E-state index is 0.223. The Morgan fingerprint density at radius 3 is 2.42 bits per heavy atom. The van der Waals surface area contributed by atoms with Crippen LogP contribution in [0, 0.1) is 0 Å². The van der Waals surface area contributed by atoms with Crippen molar-refractivity contribution in [1.82, 2.24) is 14.9 Å². The van der Waals surface area contributed by atoms with E-state index < -0.39 is 11.7 Å². The molecule has 8 heteroatoms. The van der Waals surface area contributed by atoms with Gasteiger partial charge in [0.1, 0.15) is 5.60 Å². The summed E-state index contributed by atoms with van der Waals surface area (Å²) in [4.78, 5) is 23.9. The van der Waals surface area contributed by atoms with E-state index in [9.17, 15) is 9.59 Å². The third-order valence-electron chi connectivity index (χ3n) is 2.96. The van der Waals surface area contributed by atoms with Gasteiger partial charge in [-0.15, -0.1) is 5.10 Å². The minimum Gasteiger partial charge on any atom is -0.444 e. The van der Waals surface area contributed by atoms with Crippen LogP contribution in [0.2, 0.25) is 0 Å². The van der Waals surface area contributed by atoms with Crippen LogP contribution in [0.4, 0.5) is 10.5 Å². The predicted octanol–water partition coefficient (Wildman–Crippen LogP) is 3.38. The summed E-state index contributed by atoms with van der Waals surface area (Å²) in [5, 5.41) is 11.2. The van der Waals surface area contributed by atoms with E-state index in [4.69, 9.17) is 4.74 Å². The summed E-state index contributed by atoms with van der Waals surface area (Å²) >= 11 is 1.24. The summed E-state index contributed by atoms with van der Waals surface area (Å²) in [5.74, 6) is -0.223. The lowest BCUT2D eigenvalue weighted by molar-refractivity contribution is 0.0635. The third kappa shape index (κ3) is 5.31. The number of carbonyl (C=O) groups excluding carboxylic acids is 2. The molecular formula is C16H20N4O3S. The fraction of sp³-hybridized carbons (Fsp3) is 0.375. The second-order valence-electron chi connectivity index (χ2n) is 6.23. The second-order valence-corrected chi connectivity index (χ2v) is 6.84. The highest BCUT2D eigenvalue weighted by atomic mass is 32.1. The molecule has 2 rings (SSSR count). The monoisotopic (exact) mass is 348 g/mol. The number of hydrogen-bond acceptors (Lipinski definition) is 6. The quantitative estimate of drug-likeness (QED) is 0.883. The second kappa shape index (κ2) is 7.39. The minimum atomic E-state index is -0.565. The van der Waals surface area contributed by atoms with E-state index in [0.717, 1.165) is 5.69 Å². The Kier molecular flexibility index (Phi) is 5.50. The van der Waals surface area contributed by atoms with Gasteiger partial charge in [0.25, 0.3) is 5.91 Å². The molecule has 1 heterocycles. The maximum absolute atomic E-state index is 12.2. The maximum atomic E-state index is 12.2. The Morgan fingerprint density at radius 2 is 1.88 bits per heavy atom. The zero-order chi connectivity index (χ0) is 17.7. The van der Waals surface area contributed by atoms with Gasteiger partial charge in [-0.25, -0.2) is 4.79 Å². The van der Waals surface area contributed by atoms with Crippen LogP contribution in [0.3, 0.4) is 0 Å². The first-order valence-electron chi connectivity index (χ1n) is 7.42. The normalized spacial score (nSPS) is 12.3. The molecule has 1 aromatic carbocycles. The summed E-state index contributed by atoms with van der Waals surface area (Å²) in [6.07, 6.45) is -0.538. The Balaban J connectivity index is 1.93. The van der Waals surface area contributed by atoms with Crippen LogP contribution in [-0.4, -0.2) is 27.2 Å². The highest BCUT2D eigenvalue weighted by molar-refractivity contribution is 7.03. The smallest absolute Gasteiger partial charge is 0.412 e. The van der Waals surface area contributed by atoms with Crippen molar-refractivity contribution in [2.24, 2.45) is 0 Å². The Hall–Kier alpha value is -2.48. The lowest BCUT2D eigenvalue weighted by atomic mass is 10.1. The molecule has 0 saturated heterocycles. The standard InChI is InChI=1S/C16H20N4O3S/c1-10(13-9-24-20-19-13)17-14(21)11-5-7-12(8-6-11)18-15(22)23-16(2,3)4/h5-10H,1-4H3,(H,17,21)(H,18,22). The first kappa shape index (κ1) is 17.9. The van der Waals surface area contributed by atoms with E-state index in [1.807, 2.05) is 6.92 Å². The van der Waals surface area contributed by atoms with Gasteiger partial charge in [-0.3, -0.25) is 10.1 Å². The van der Waals surface area contributed by atoms with Crippen LogP contribution in [0.1, 0.15) is 49.8 Å². The van der Waals surface area contributed by atoms with Crippen LogP contribution in [0.5, 0.6) is 0 Å². The topological polar surface area (TPSA) is 93.2 Å². The average Bonchev–Trinajstić information content (AvgIpc) is 3.00. The average molecular weight is 348 g/mol. The van der Waals surface area contributed by atoms with Crippen LogP contribution in [-0.2, 0) is 4.74 Å². The van der Waals surface area contributed by atoms with Gasteiger partial charge in [-0.05, 0) is 63.5 Å². The number of hydrogen-bond donors (Lipinski definition) is 2. The van der Waals surface area contributed by atoms with Crippen molar-refractivity contribution < 1.29 is 14.3 Å². The van der Waals surface area contributed by atoms with Crippen LogP contribution < -0.4 is 10.6 Å². The Bertz CT molecular complexity index is 693. The number of nitrogens with zero attached hydrogens (tertiary/aromatic N) is 2. The lowest BCUT2D eigenvalue weighted by Crippen LogP contribution is -2.27. The zero-order valence-electron chi connectivity index (χ0n) is 14.0. The van der Waals surface area contributed by atoms with Gasteiger partial charge in [-0.1, -0.05) is 4.49 Å². The van der Waals surface area contributed by atoms with Crippen LogP contribution in [0.15, 0.2) is 29.6 Å². The van der Waals surface area contributed by atoms with Gasteiger partial charge in [0.05, 0.1) is 11.7 Å². The Labute approximate surface area is 144 Å². The van der Waals surface area contributed by atoms with Crippen molar-refractivity contribution in [1.29, 1.82) is 0 Å². The highest BCUT2D eigenvalue weighted by Gasteiger charge is 2.17. The van der Waals surface area contributed by atoms with Crippen molar-refractivity contribution in [3.05, 3.63) is 40.9 Å². The molecular weight excluding hydrogens is 328 g/mol. The van der Waals surface area contributed by atoms with Gasteiger partial charge in [0.15, 0.2) is 0 Å². The van der Waals surface area contributed by atoms with Gasteiger partial charge < -0.3 is 10.1 Å². The molecule has 0 fully saturated rings. The molecule has 24 heavy (non-hydrogen) atoms. The van der Waals surface area contributed by atoms with Crippen LogP contribution in [0.25, 0.3) is 0 Å². The van der Waals surface area contributed by atoms with Crippen molar-refractivity contribution >= 4 is 29.2 Å². The molecule has 1 unspecified atom stereocenters. The van der Waals surface area contributed by atoms with Crippen LogP contribution >= 0.6 is 11.5 Å². The van der Waals surface area contributed by atoms with E-state index in [1.165, 1.54) is 11.5 Å². The van der Waals surface area contributed by atoms with Gasteiger partial charge in [0.2, 0.25) is 0 Å². The van der Waals surface area contributed by atoms with Crippen molar-refractivity contribution in [3.8, 4) is 0 Å². The maximum Gasteiger partial charge on any atom is 0.412 e. The highest BCUT2D eigenvalue weighted by Crippen LogP contribution is 2.15. The summed E-state index contributed by atoms with van der Waals surface area (Å²) in [7, 11) is 0. The van der Waals surface area contributed by atoms with Gasteiger partial charge >= 0.3 is 6.09 Å². The fourth-order valence-electron chi connectivity index (χ4n) is 1.84. The number of carbonyl (C=O) groups is 2. The van der Waals surface area contributed by atoms with Gasteiger partial charge in [0, 0.05) is 16.6 Å². The zero-order valence-corrected chi connectivity index (χ0v) is 14.8. The van der Waals surface area contributed by atoms with E-state index in [2.05, 4.69) is 20.2 Å². The molecule has 0 aliphatic rings. The van der Waals surface area contributed by atoms with E-state index in [1.54, 1.807) is 50.4 Å². The number of anilines is 1. The molecule has 128 valence electrons. The molecule has 0 saturated carbocycles. The number of benzene rings is 1. The van der Waals surface area contributed by atoms with Crippen molar-refractivity contribution in [3.63, 3.8) is 0 Å². The summed E-state index contributed by atoms with van der Waals surface area (Å²) in [6, 6.07) is 6.33. The molecule has 0 spiro atoms. The largest absolute Gasteiger partial charge is 0.444 e. The molecule has 0 aliphatic heterocycles. The molecule has 1 atom stereocenters. The Morgan fingerprint density at radius 1 is 1.21 bits per heavy atom. The van der Waals surface area contributed by atoms with E-state index in [-0.39, 0.29) is 11.9 Å². The predicted molar refractivity (Wildman–Crippen MR) is 92.1 cm³/mol. The summed E-state index contributed by atoms with van der Waals surface area (Å²) < 4.78 is 8.95. The summed E-state index contributed by atoms with van der Waals surface area (Å²) in [6.45, 7) is 7.21. The first-order valence-corrected chi connectivity index (χ1v) is 8.26.